The predicted octanol–water partition coefficient (Wildman–Crippen LogP) is 6.15. The minimum atomic E-state index is -4.48. The molecule has 0 aliphatic carbocycles. The highest BCUT2D eigenvalue weighted by molar-refractivity contribution is 5.95. The number of hydrogen-bond donors (Lipinski definition) is 1. The van der Waals surface area contributed by atoms with Gasteiger partial charge in [0.2, 0.25) is 0 Å². The lowest BCUT2D eigenvalue weighted by Crippen LogP contribution is -2.31. The summed E-state index contributed by atoms with van der Waals surface area (Å²) in [4.78, 5) is 14.6. The fourth-order valence-corrected chi connectivity index (χ4v) is 3.80. The molecule has 0 bridgehead atoms. The Morgan fingerprint density at radius 3 is 2.45 bits per heavy atom. The standard InChI is InChI=1S/C24H29F3N2O2/c1-16(2)19-9-7-17(3)13-22(19)31-15-23(30)28-20-14-18(24(25,26)27)8-10-21(20)29-11-5-4-6-12-29/h7-10,13-14,16H,4-6,11-12,15H2,1-3H3,(H,28,30). The van der Waals surface area contributed by atoms with Crippen molar-refractivity contribution < 1.29 is 22.7 Å². The SMILES string of the molecule is Cc1ccc(C(C)C)c(OCC(=O)Nc2cc(C(F)(F)F)ccc2N2CCCCC2)c1. The van der Waals surface area contributed by atoms with Crippen LogP contribution in [0.4, 0.5) is 24.5 Å². The van der Waals surface area contributed by atoms with E-state index in [4.69, 9.17) is 4.74 Å². The lowest BCUT2D eigenvalue weighted by molar-refractivity contribution is -0.137. The van der Waals surface area contributed by atoms with Gasteiger partial charge < -0.3 is 15.0 Å². The van der Waals surface area contributed by atoms with Crippen LogP contribution in [-0.4, -0.2) is 25.6 Å². The Balaban J connectivity index is 1.79. The molecule has 0 saturated carbocycles. The second-order valence-corrected chi connectivity index (χ2v) is 8.31. The van der Waals surface area contributed by atoms with Crippen LogP contribution in [0.5, 0.6) is 5.75 Å². The normalized spacial score (nSPS) is 14.6. The number of nitrogens with zero attached hydrogens (tertiary/aromatic N) is 1. The fraction of sp³-hybridized carbons (Fsp3) is 0.458. The highest BCUT2D eigenvalue weighted by atomic mass is 19.4. The lowest BCUT2D eigenvalue weighted by Gasteiger charge is -2.31. The van der Waals surface area contributed by atoms with Crippen LogP contribution >= 0.6 is 0 Å². The van der Waals surface area contributed by atoms with Crippen LogP contribution in [0.3, 0.4) is 0 Å². The van der Waals surface area contributed by atoms with Gasteiger partial charge in [-0.3, -0.25) is 4.79 Å². The molecule has 1 heterocycles. The van der Waals surface area contributed by atoms with E-state index in [1.165, 1.54) is 6.07 Å². The average molecular weight is 435 g/mol. The number of ether oxygens (including phenoxy) is 1. The van der Waals surface area contributed by atoms with Crippen molar-refractivity contribution in [2.45, 2.75) is 52.1 Å². The molecule has 7 heteroatoms. The Bertz CT molecular complexity index is 920. The van der Waals surface area contributed by atoms with Gasteiger partial charge >= 0.3 is 6.18 Å². The third-order valence-corrected chi connectivity index (χ3v) is 5.44. The van der Waals surface area contributed by atoms with Crippen molar-refractivity contribution in [1.29, 1.82) is 0 Å². The Morgan fingerprint density at radius 1 is 1.10 bits per heavy atom. The van der Waals surface area contributed by atoms with Gasteiger partial charge in [0.05, 0.1) is 16.9 Å². The quantitative estimate of drug-likeness (QED) is 0.593. The molecule has 0 radical (unpaired) electrons. The second kappa shape index (κ2) is 9.62. The van der Waals surface area contributed by atoms with Gasteiger partial charge in [0.15, 0.2) is 6.61 Å². The summed E-state index contributed by atoms with van der Waals surface area (Å²) in [6, 6.07) is 9.34. The first kappa shape index (κ1) is 23.0. The van der Waals surface area contributed by atoms with Gasteiger partial charge in [-0.1, -0.05) is 26.0 Å². The minimum Gasteiger partial charge on any atom is -0.483 e. The zero-order valence-electron chi connectivity index (χ0n) is 18.2. The number of carbonyl (C=O) groups excluding carboxylic acids is 1. The Morgan fingerprint density at radius 2 is 1.81 bits per heavy atom. The molecule has 168 valence electrons. The zero-order valence-corrected chi connectivity index (χ0v) is 18.2. The number of halogens is 3. The van der Waals surface area contributed by atoms with Crippen LogP contribution in [-0.2, 0) is 11.0 Å². The highest BCUT2D eigenvalue weighted by Crippen LogP contribution is 2.36. The van der Waals surface area contributed by atoms with Gasteiger partial charge in [0, 0.05) is 13.1 Å². The van der Waals surface area contributed by atoms with E-state index >= 15 is 0 Å². The maximum absolute atomic E-state index is 13.3. The van der Waals surface area contributed by atoms with Gasteiger partial charge in [-0.05, 0) is 67.5 Å². The molecule has 1 saturated heterocycles. The third kappa shape index (κ3) is 5.93. The number of benzene rings is 2. The number of carbonyl (C=O) groups is 1. The molecule has 0 unspecified atom stereocenters. The average Bonchev–Trinajstić information content (AvgIpc) is 2.72. The van der Waals surface area contributed by atoms with Gasteiger partial charge in [-0.25, -0.2) is 0 Å². The summed E-state index contributed by atoms with van der Waals surface area (Å²) in [6.45, 7) is 7.23. The molecule has 1 amide bonds. The molecule has 1 aliphatic rings. The number of nitrogens with one attached hydrogen (secondary N) is 1. The van der Waals surface area contributed by atoms with Gasteiger partial charge in [-0.2, -0.15) is 13.2 Å². The lowest BCUT2D eigenvalue weighted by atomic mass is 10.0. The van der Waals surface area contributed by atoms with E-state index in [1.807, 2.05) is 43.9 Å². The van der Waals surface area contributed by atoms with E-state index < -0.39 is 17.6 Å². The van der Waals surface area contributed by atoms with Crippen molar-refractivity contribution in [3.8, 4) is 5.75 Å². The summed E-state index contributed by atoms with van der Waals surface area (Å²) in [7, 11) is 0. The number of amides is 1. The molecular weight excluding hydrogens is 405 g/mol. The van der Waals surface area contributed by atoms with Crippen LogP contribution in [0.2, 0.25) is 0 Å². The third-order valence-electron chi connectivity index (χ3n) is 5.44. The minimum absolute atomic E-state index is 0.165. The number of piperidine rings is 1. The van der Waals surface area contributed by atoms with E-state index in [0.29, 0.717) is 11.4 Å². The Kier molecular flexibility index (Phi) is 7.13. The molecular formula is C24H29F3N2O2. The van der Waals surface area contributed by atoms with Crippen molar-refractivity contribution in [2.24, 2.45) is 0 Å². The number of alkyl halides is 3. The molecule has 3 rings (SSSR count). The number of hydrogen-bond acceptors (Lipinski definition) is 3. The van der Waals surface area contributed by atoms with Gasteiger partial charge in [0.25, 0.3) is 5.91 Å². The zero-order chi connectivity index (χ0) is 22.6. The molecule has 2 aromatic rings. The maximum Gasteiger partial charge on any atom is 0.416 e. The molecule has 1 fully saturated rings. The van der Waals surface area contributed by atoms with Gasteiger partial charge in [0.1, 0.15) is 5.75 Å². The number of rotatable bonds is 6. The van der Waals surface area contributed by atoms with Crippen LogP contribution in [0.1, 0.15) is 55.7 Å². The van der Waals surface area contributed by atoms with Crippen molar-refractivity contribution in [2.75, 3.05) is 29.9 Å². The van der Waals surface area contributed by atoms with Crippen LogP contribution in [0, 0.1) is 6.92 Å². The van der Waals surface area contributed by atoms with Crippen LogP contribution in [0.15, 0.2) is 36.4 Å². The highest BCUT2D eigenvalue weighted by Gasteiger charge is 2.32. The first-order valence-corrected chi connectivity index (χ1v) is 10.6. The summed E-state index contributed by atoms with van der Waals surface area (Å²) in [5.41, 5.74) is 1.97. The molecule has 1 N–H and O–H groups in total. The summed E-state index contributed by atoms with van der Waals surface area (Å²) >= 11 is 0. The van der Waals surface area contributed by atoms with Crippen molar-refractivity contribution >= 4 is 17.3 Å². The van der Waals surface area contributed by atoms with E-state index in [9.17, 15) is 18.0 Å². The van der Waals surface area contributed by atoms with Crippen LogP contribution in [0.25, 0.3) is 0 Å². The Hall–Kier alpha value is -2.70. The Labute approximate surface area is 181 Å². The monoisotopic (exact) mass is 434 g/mol. The smallest absolute Gasteiger partial charge is 0.416 e. The second-order valence-electron chi connectivity index (χ2n) is 8.31. The molecule has 2 aromatic carbocycles. The first-order valence-electron chi connectivity index (χ1n) is 10.6. The molecule has 31 heavy (non-hydrogen) atoms. The summed E-state index contributed by atoms with van der Waals surface area (Å²) in [6.07, 6.45) is -1.43. The molecule has 4 nitrogen and oxygen atoms in total. The summed E-state index contributed by atoms with van der Waals surface area (Å²) in [5.74, 6) is 0.340. The summed E-state index contributed by atoms with van der Waals surface area (Å²) < 4.78 is 45.5. The van der Waals surface area contributed by atoms with E-state index in [1.54, 1.807) is 0 Å². The molecule has 1 aliphatic heterocycles. The number of aryl methyl sites for hydroxylation is 1. The van der Waals surface area contributed by atoms with Crippen molar-refractivity contribution in [3.63, 3.8) is 0 Å². The van der Waals surface area contributed by atoms with Crippen molar-refractivity contribution in [1.82, 2.24) is 0 Å². The van der Waals surface area contributed by atoms with E-state index in [2.05, 4.69) is 5.32 Å². The molecule has 0 atom stereocenters. The maximum atomic E-state index is 13.3. The molecule has 0 aromatic heterocycles. The van der Waals surface area contributed by atoms with Crippen LogP contribution < -0.4 is 15.0 Å². The van der Waals surface area contributed by atoms with Gasteiger partial charge in [-0.15, -0.1) is 0 Å². The number of anilines is 2. The first-order chi connectivity index (χ1) is 14.6. The predicted molar refractivity (Wildman–Crippen MR) is 117 cm³/mol. The topological polar surface area (TPSA) is 41.6 Å². The fourth-order valence-electron chi connectivity index (χ4n) is 3.80. The van der Waals surface area contributed by atoms with E-state index in [-0.39, 0.29) is 18.2 Å². The largest absolute Gasteiger partial charge is 0.483 e. The summed E-state index contributed by atoms with van der Waals surface area (Å²) in [5, 5.41) is 2.65. The molecule has 0 spiro atoms. The van der Waals surface area contributed by atoms with E-state index in [0.717, 1.165) is 55.6 Å². The van der Waals surface area contributed by atoms with Crippen molar-refractivity contribution in [3.05, 3.63) is 53.1 Å².